The summed E-state index contributed by atoms with van der Waals surface area (Å²) in [5, 5.41) is 19.2. The number of unbranched alkanes of at least 4 members (excludes halogenated alkanes) is 1. The van der Waals surface area contributed by atoms with Crippen molar-refractivity contribution in [3.05, 3.63) is 28.8 Å². The zero-order chi connectivity index (χ0) is 15.6. The van der Waals surface area contributed by atoms with Crippen LogP contribution >= 0.6 is 0 Å². The Balaban J connectivity index is 2.56. The van der Waals surface area contributed by atoms with Crippen molar-refractivity contribution in [3.8, 4) is 11.8 Å². The summed E-state index contributed by atoms with van der Waals surface area (Å²) in [7, 11) is 0. The summed E-state index contributed by atoms with van der Waals surface area (Å²) in [6.07, 6.45) is 5.24. The van der Waals surface area contributed by atoms with Crippen molar-refractivity contribution in [2.45, 2.75) is 64.3 Å². The molecule has 0 spiro atoms. The third-order valence-corrected chi connectivity index (χ3v) is 5.26. The van der Waals surface area contributed by atoms with Gasteiger partial charge in [0.1, 0.15) is 11.8 Å². The highest BCUT2D eigenvalue weighted by atomic mass is 16.3. The molecule has 1 aromatic rings. The standard InChI is InChI=1S/C18H26N2O/c1-4-6-7-18(3)15-10-16(21)14(11-19)9-13(15)8-12(5-2)17(18)20/h9-10,12,17,21H,4-8,20H2,1-3H3. The predicted molar refractivity (Wildman–Crippen MR) is 85.2 cm³/mol. The van der Waals surface area contributed by atoms with E-state index in [0.717, 1.165) is 37.7 Å². The van der Waals surface area contributed by atoms with Gasteiger partial charge < -0.3 is 10.8 Å². The molecule has 0 bridgehead atoms. The van der Waals surface area contributed by atoms with Crippen molar-refractivity contribution < 1.29 is 5.11 Å². The lowest BCUT2D eigenvalue weighted by Crippen LogP contribution is -2.52. The summed E-state index contributed by atoms with van der Waals surface area (Å²) < 4.78 is 0. The maximum atomic E-state index is 10.1. The number of nitrogens with zero attached hydrogens (tertiary/aromatic N) is 1. The summed E-state index contributed by atoms with van der Waals surface area (Å²) in [5.74, 6) is 0.525. The zero-order valence-electron chi connectivity index (χ0n) is 13.3. The van der Waals surface area contributed by atoms with Crippen LogP contribution in [-0.2, 0) is 11.8 Å². The third-order valence-electron chi connectivity index (χ3n) is 5.26. The van der Waals surface area contributed by atoms with E-state index in [-0.39, 0.29) is 17.2 Å². The highest BCUT2D eigenvalue weighted by molar-refractivity contribution is 5.52. The molecule has 3 unspecified atom stereocenters. The minimum atomic E-state index is -0.115. The molecule has 1 aliphatic carbocycles. The van der Waals surface area contributed by atoms with Crippen LogP contribution < -0.4 is 5.73 Å². The minimum absolute atomic E-state index is 0.0844. The van der Waals surface area contributed by atoms with Crippen LogP contribution in [0.4, 0.5) is 0 Å². The summed E-state index contributed by atoms with van der Waals surface area (Å²) in [5.41, 5.74) is 9.19. The van der Waals surface area contributed by atoms with E-state index in [1.54, 1.807) is 6.07 Å². The highest BCUT2D eigenvalue weighted by Gasteiger charge is 2.42. The largest absolute Gasteiger partial charge is 0.507 e. The Hall–Kier alpha value is -1.53. The van der Waals surface area contributed by atoms with Crippen LogP contribution in [0.2, 0.25) is 0 Å². The summed E-state index contributed by atoms with van der Waals surface area (Å²) in [4.78, 5) is 0. The van der Waals surface area contributed by atoms with E-state index in [1.807, 2.05) is 6.07 Å². The Labute approximate surface area is 127 Å². The summed E-state index contributed by atoms with van der Waals surface area (Å²) in [6.45, 7) is 6.59. The average molecular weight is 286 g/mol. The van der Waals surface area contributed by atoms with Gasteiger partial charge in [0.2, 0.25) is 0 Å². The van der Waals surface area contributed by atoms with E-state index < -0.39 is 0 Å². The van der Waals surface area contributed by atoms with Gasteiger partial charge in [0.05, 0.1) is 5.56 Å². The number of fused-ring (bicyclic) bond motifs is 1. The molecule has 0 amide bonds. The number of hydrogen-bond donors (Lipinski definition) is 2. The highest BCUT2D eigenvalue weighted by Crippen LogP contribution is 2.45. The van der Waals surface area contributed by atoms with Gasteiger partial charge in [-0.25, -0.2) is 0 Å². The monoisotopic (exact) mass is 286 g/mol. The van der Waals surface area contributed by atoms with Crippen molar-refractivity contribution in [3.63, 3.8) is 0 Å². The molecule has 1 aromatic carbocycles. The second kappa shape index (κ2) is 6.07. The Kier molecular flexibility index (Phi) is 4.58. The Morgan fingerprint density at radius 2 is 2.14 bits per heavy atom. The van der Waals surface area contributed by atoms with Crippen LogP contribution in [0.25, 0.3) is 0 Å². The predicted octanol–water partition coefficient (Wildman–Crippen LogP) is 3.62. The second-order valence-corrected chi connectivity index (χ2v) is 6.56. The molecule has 3 N–H and O–H groups in total. The maximum Gasteiger partial charge on any atom is 0.133 e. The van der Waals surface area contributed by atoms with E-state index in [0.29, 0.717) is 11.5 Å². The topological polar surface area (TPSA) is 70.0 Å². The SMILES string of the molecule is CCCCC1(C)c2cc(O)c(C#N)cc2CC(CC)C1N. The minimum Gasteiger partial charge on any atom is -0.507 e. The van der Waals surface area contributed by atoms with Gasteiger partial charge in [0.25, 0.3) is 0 Å². The molecule has 0 aromatic heterocycles. The lowest BCUT2D eigenvalue weighted by molar-refractivity contribution is 0.227. The van der Waals surface area contributed by atoms with Crippen LogP contribution in [0.3, 0.4) is 0 Å². The third kappa shape index (κ3) is 2.65. The molecular formula is C18H26N2O. The first kappa shape index (κ1) is 15.9. The fraction of sp³-hybridized carbons (Fsp3) is 0.611. The van der Waals surface area contributed by atoms with E-state index in [4.69, 9.17) is 11.0 Å². The molecular weight excluding hydrogens is 260 g/mol. The molecule has 0 aliphatic heterocycles. The fourth-order valence-corrected chi connectivity index (χ4v) is 3.78. The number of nitriles is 1. The van der Waals surface area contributed by atoms with Gasteiger partial charge in [-0.05, 0) is 42.0 Å². The molecule has 0 radical (unpaired) electrons. The molecule has 0 saturated heterocycles. The fourth-order valence-electron chi connectivity index (χ4n) is 3.78. The van der Waals surface area contributed by atoms with E-state index in [9.17, 15) is 5.11 Å². The van der Waals surface area contributed by atoms with Crippen LogP contribution in [0.5, 0.6) is 5.75 Å². The summed E-state index contributed by atoms with van der Waals surface area (Å²) in [6, 6.07) is 5.84. The molecule has 3 atom stereocenters. The lowest BCUT2D eigenvalue weighted by Gasteiger charge is -2.46. The van der Waals surface area contributed by atoms with E-state index in [2.05, 4.69) is 26.8 Å². The smallest absolute Gasteiger partial charge is 0.133 e. The van der Waals surface area contributed by atoms with Gasteiger partial charge >= 0.3 is 0 Å². The van der Waals surface area contributed by atoms with Gasteiger partial charge in [-0.2, -0.15) is 5.26 Å². The molecule has 0 saturated carbocycles. The van der Waals surface area contributed by atoms with Crippen molar-refractivity contribution >= 4 is 0 Å². The first-order valence-corrected chi connectivity index (χ1v) is 8.00. The molecule has 114 valence electrons. The first-order valence-electron chi connectivity index (χ1n) is 8.00. The second-order valence-electron chi connectivity index (χ2n) is 6.56. The van der Waals surface area contributed by atoms with Gasteiger partial charge in [-0.1, -0.05) is 40.0 Å². The Morgan fingerprint density at radius 1 is 1.43 bits per heavy atom. The number of benzene rings is 1. The van der Waals surface area contributed by atoms with E-state index >= 15 is 0 Å². The molecule has 3 nitrogen and oxygen atoms in total. The van der Waals surface area contributed by atoms with E-state index in [1.165, 1.54) is 5.56 Å². The van der Waals surface area contributed by atoms with Gasteiger partial charge in [-0.15, -0.1) is 0 Å². The van der Waals surface area contributed by atoms with Crippen LogP contribution in [0.1, 0.15) is 63.1 Å². The van der Waals surface area contributed by atoms with Crippen molar-refractivity contribution in [2.24, 2.45) is 11.7 Å². The number of hydrogen-bond acceptors (Lipinski definition) is 3. The molecule has 0 fully saturated rings. The quantitative estimate of drug-likeness (QED) is 0.888. The van der Waals surface area contributed by atoms with Gasteiger partial charge in [0.15, 0.2) is 0 Å². The van der Waals surface area contributed by atoms with Gasteiger partial charge in [0, 0.05) is 11.5 Å². The summed E-state index contributed by atoms with van der Waals surface area (Å²) >= 11 is 0. The van der Waals surface area contributed by atoms with Crippen molar-refractivity contribution in [1.29, 1.82) is 5.26 Å². The van der Waals surface area contributed by atoms with Crippen LogP contribution in [0.15, 0.2) is 12.1 Å². The number of aromatic hydroxyl groups is 1. The molecule has 2 rings (SSSR count). The normalized spacial score (nSPS) is 28.0. The number of phenols is 1. The molecule has 3 heteroatoms. The zero-order valence-corrected chi connectivity index (χ0v) is 13.3. The Morgan fingerprint density at radius 3 is 2.71 bits per heavy atom. The van der Waals surface area contributed by atoms with Crippen LogP contribution in [-0.4, -0.2) is 11.1 Å². The first-order chi connectivity index (χ1) is 9.97. The molecule has 1 aliphatic rings. The van der Waals surface area contributed by atoms with Crippen molar-refractivity contribution in [2.75, 3.05) is 0 Å². The lowest BCUT2D eigenvalue weighted by atomic mass is 9.61. The average Bonchev–Trinajstić information content (AvgIpc) is 2.49. The number of phenolic OH excluding ortho intramolecular Hbond substituents is 1. The van der Waals surface area contributed by atoms with Gasteiger partial charge in [-0.3, -0.25) is 0 Å². The molecule has 0 heterocycles. The molecule has 21 heavy (non-hydrogen) atoms. The maximum absolute atomic E-state index is 10.1. The van der Waals surface area contributed by atoms with Crippen LogP contribution in [0, 0.1) is 17.2 Å². The number of nitrogens with two attached hydrogens (primary N) is 1. The Bertz CT molecular complexity index is 561. The van der Waals surface area contributed by atoms with Crippen molar-refractivity contribution in [1.82, 2.24) is 0 Å². The number of rotatable bonds is 4.